The molecule has 0 aliphatic rings. The Hall–Kier alpha value is -6.26. The normalized spacial score (nSPS) is 15.0. The van der Waals surface area contributed by atoms with Crippen molar-refractivity contribution >= 4 is 11.0 Å². The Labute approximate surface area is 346 Å². The van der Waals surface area contributed by atoms with Gasteiger partial charge in [-0.05, 0) is 131 Å². The van der Waals surface area contributed by atoms with Gasteiger partial charge in [0.2, 0.25) is 0 Å². The minimum absolute atomic E-state index is 0.0531. The van der Waals surface area contributed by atoms with Crippen LogP contribution in [0.5, 0.6) is 5.75 Å². The number of rotatable bonds is 7. The van der Waals surface area contributed by atoms with E-state index in [1.807, 2.05) is 144 Å². The second-order valence-electron chi connectivity index (χ2n) is 15.5. The molecule has 56 heavy (non-hydrogen) atoms. The third kappa shape index (κ3) is 6.92. The molecule has 4 nitrogen and oxygen atoms in total. The fourth-order valence-corrected chi connectivity index (χ4v) is 7.23. The number of nitrogens with zero attached hydrogens (tertiary/aromatic N) is 3. The largest absolute Gasteiger partial charge is 0.507 e. The Balaban J connectivity index is 1.42. The highest BCUT2D eigenvalue weighted by Crippen LogP contribution is 2.42. The smallest absolute Gasteiger partial charge is 0.149 e. The van der Waals surface area contributed by atoms with Crippen LogP contribution in [0.2, 0.25) is 0 Å². The maximum absolute atomic E-state index is 11.7. The topological polar surface area (TPSA) is 50.9 Å². The highest BCUT2D eigenvalue weighted by molar-refractivity contribution is 5.97. The van der Waals surface area contributed by atoms with Crippen LogP contribution in [-0.2, 0) is 5.41 Å². The number of aromatic nitrogens is 3. The van der Waals surface area contributed by atoms with Crippen molar-refractivity contribution in [3.05, 3.63) is 167 Å². The van der Waals surface area contributed by atoms with E-state index in [0.717, 1.165) is 33.5 Å². The number of para-hydroxylation sites is 1. The monoisotopic (exact) mass is 742 g/mol. The van der Waals surface area contributed by atoms with E-state index in [-0.39, 0.29) is 17.0 Å². The zero-order valence-electron chi connectivity index (χ0n) is 43.5. The van der Waals surface area contributed by atoms with E-state index in [4.69, 9.17) is 17.3 Å². The summed E-state index contributed by atoms with van der Waals surface area (Å²) in [6.07, 6.45) is -0.576. The van der Waals surface area contributed by atoms with E-state index in [1.165, 1.54) is 0 Å². The Morgan fingerprint density at radius 2 is 1.48 bits per heavy atom. The quantitative estimate of drug-likeness (QED) is 0.177. The first-order valence-corrected chi connectivity index (χ1v) is 18.6. The molecule has 0 fully saturated rings. The average molecular weight is 743 g/mol. The van der Waals surface area contributed by atoms with Crippen molar-refractivity contribution in [3.8, 4) is 67.5 Å². The summed E-state index contributed by atoms with van der Waals surface area (Å²) in [5.74, 6) is -0.463. The number of fused-ring (bicyclic) bond motifs is 1. The van der Waals surface area contributed by atoms with Crippen molar-refractivity contribution in [3.63, 3.8) is 0 Å². The first-order chi connectivity index (χ1) is 31.3. The zero-order chi connectivity index (χ0) is 48.8. The lowest BCUT2D eigenvalue weighted by molar-refractivity contribution is 0.472. The molecule has 0 unspecified atom stereocenters. The predicted octanol–water partition coefficient (Wildman–Crippen LogP) is 13.8. The first-order valence-electron chi connectivity index (χ1n) is 24.1. The lowest BCUT2D eigenvalue weighted by atomic mass is 9.83. The highest BCUT2D eigenvalue weighted by Gasteiger charge is 2.24. The fourth-order valence-electron chi connectivity index (χ4n) is 7.23. The van der Waals surface area contributed by atoms with Crippen LogP contribution in [0.15, 0.2) is 139 Å². The van der Waals surface area contributed by atoms with Gasteiger partial charge in [0.1, 0.15) is 11.6 Å². The van der Waals surface area contributed by atoms with E-state index >= 15 is 0 Å². The minimum Gasteiger partial charge on any atom is -0.507 e. The predicted molar refractivity (Wildman–Crippen MR) is 235 cm³/mol. The molecular formula is C52H49N3O. The van der Waals surface area contributed by atoms with Crippen LogP contribution >= 0.6 is 0 Å². The van der Waals surface area contributed by atoms with Crippen LogP contribution in [0.4, 0.5) is 0 Å². The molecule has 0 saturated carbocycles. The van der Waals surface area contributed by atoms with Gasteiger partial charge in [-0.25, -0.2) is 4.98 Å². The van der Waals surface area contributed by atoms with Gasteiger partial charge in [-0.1, -0.05) is 125 Å². The highest BCUT2D eigenvalue weighted by atomic mass is 16.3. The zero-order valence-corrected chi connectivity index (χ0v) is 32.5. The number of phenols is 1. The molecule has 1 N–H and O–H groups in total. The Morgan fingerprint density at radius 3 is 2.21 bits per heavy atom. The van der Waals surface area contributed by atoms with Gasteiger partial charge in [0, 0.05) is 28.5 Å². The number of aromatic hydroxyl groups is 1. The fraction of sp³-hybridized carbons (Fsp3) is 0.192. The van der Waals surface area contributed by atoms with Crippen LogP contribution in [0.3, 0.4) is 0 Å². The molecule has 278 valence electrons. The maximum Gasteiger partial charge on any atom is 0.149 e. The molecule has 0 aliphatic heterocycles. The number of benzene rings is 6. The summed E-state index contributed by atoms with van der Waals surface area (Å²) in [5.41, 5.74) is 7.19. The molecular weight excluding hydrogens is 683 g/mol. The third-order valence-corrected chi connectivity index (χ3v) is 10.1. The molecule has 0 amide bonds. The maximum atomic E-state index is 11.7. The molecule has 8 aromatic rings. The van der Waals surface area contributed by atoms with Crippen LogP contribution in [-0.4, -0.2) is 19.6 Å². The summed E-state index contributed by atoms with van der Waals surface area (Å²) in [4.78, 5) is 9.75. The Kier molecular flexibility index (Phi) is 6.64. The Bertz CT molecular complexity index is 3280. The van der Waals surface area contributed by atoms with E-state index in [2.05, 4.69) is 4.98 Å². The van der Waals surface area contributed by atoms with E-state index < -0.39 is 71.7 Å². The second kappa shape index (κ2) is 14.4. The van der Waals surface area contributed by atoms with Crippen molar-refractivity contribution in [2.45, 2.75) is 66.6 Å². The molecule has 2 aromatic heterocycles. The van der Waals surface area contributed by atoms with Crippen molar-refractivity contribution in [2.24, 2.45) is 0 Å². The average Bonchev–Trinajstić information content (AvgIpc) is 3.65. The standard InChI is InChI=1S/C52H49N3O/c1-32(2)45-31-42(21-22-43(45)37-13-10-9-11-14-37)55-48-16-12-15-44(49(48)54-51(55)46-26-34(4)25-35(5)50(46)56)39-27-40(29-41(28-39)52(6,7)8)47-30-38(23-24-53-47)36-19-17-33(3)18-20-36/h9-32,56H,1-8H3/i3D3,17D,18D,19D,20D,23D,24D,30D,32D. The van der Waals surface area contributed by atoms with E-state index in [9.17, 15) is 7.85 Å². The molecule has 0 atom stereocenters. The van der Waals surface area contributed by atoms with Crippen molar-refractivity contribution in [2.75, 3.05) is 0 Å². The lowest BCUT2D eigenvalue weighted by Crippen LogP contribution is -2.11. The van der Waals surface area contributed by atoms with Crippen LogP contribution < -0.4 is 0 Å². The van der Waals surface area contributed by atoms with Crippen LogP contribution in [0, 0.1) is 20.7 Å². The lowest BCUT2D eigenvalue weighted by Gasteiger charge is -2.22. The molecule has 2 heterocycles. The second-order valence-corrected chi connectivity index (χ2v) is 15.5. The number of aryl methyl sites for hydroxylation is 2. The molecule has 0 radical (unpaired) electrons. The SMILES string of the molecule is [2H]c1nc(-c2cc(-c3cccc4c3nc(-c3cc(C)cc(C)c3O)n4-c3ccc(-c4ccccc4)c(C([2H])(C)C)c3)cc(C(C)(C)C)c2)c([2H])c(-c2c([2H])c([2H])c(C([2H])([2H])[2H])c([2H])c2[2H])c1[2H]. The van der Waals surface area contributed by atoms with Crippen LogP contribution in [0.25, 0.3) is 72.7 Å². The third-order valence-electron chi connectivity index (χ3n) is 10.1. The molecule has 6 aromatic carbocycles. The number of phenolic OH excluding ortho intramolecular Hbond substituents is 1. The number of imidazole rings is 1. The Morgan fingerprint density at radius 1 is 0.714 bits per heavy atom. The van der Waals surface area contributed by atoms with Gasteiger partial charge in [0.25, 0.3) is 0 Å². The molecule has 0 spiro atoms. The van der Waals surface area contributed by atoms with Gasteiger partial charge >= 0.3 is 0 Å². The van der Waals surface area contributed by atoms with Crippen molar-refractivity contribution in [1.82, 2.24) is 14.5 Å². The van der Waals surface area contributed by atoms with Crippen molar-refractivity contribution in [1.29, 1.82) is 0 Å². The first kappa shape index (κ1) is 25.8. The van der Waals surface area contributed by atoms with Gasteiger partial charge in [-0.2, -0.15) is 0 Å². The van der Waals surface area contributed by atoms with Gasteiger partial charge in [0.05, 0.1) is 31.9 Å². The minimum atomic E-state index is -2.96. The summed E-state index contributed by atoms with van der Waals surface area (Å²) in [6, 6.07) is 27.0. The van der Waals surface area contributed by atoms with Gasteiger partial charge < -0.3 is 5.11 Å². The summed E-state index contributed by atoms with van der Waals surface area (Å²) < 4.78 is 96.8. The van der Waals surface area contributed by atoms with Crippen molar-refractivity contribution < 1.29 is 20.2 Å². The van der Waals surface area contributed by atoms with Crippen LogP contribution in [0.1, 0.15) is 83.4 Å². The van der Waals surface area contributed by atoms with Gasteiger partial charge in [0.15, 0.2) is 0 Å². The number of hydrogen-bond acceptors (Lipinski definition) is 3. The van der Waals surface area contributed by atoms with E-state index in [0.29, 0.717) is 44.7 Å². The summed E-state index contributed by atoms with van der Waals surface area (Å²) in [7, 11) is 0. The summed E-state index contributed by atoms with van der Waals surface area (Å²) >= 11 is 0. The van der Waals surface area contributed by atoms with Gasteiger partial charge in [-0.3, -0.25) is 9.55 Å². The molecule has 0 saturated heterocycles. The molecule has 4 heteroatoms. The number of pyridine rings is 1. The van der Waals surface area contributed by atoms with Gasteiger partial charge in [-0.15, -0.1) is 0 Å². The molecule has 0 bridgehead atoms. The summed E-state index contributed by atoms with van der Waals surface area (Å²) in [5, 5.41) is 11.7. The molecule has 0 aliphatic carbocycles. The molecule has 8 rings (SSSR count). The van der Waals surface area contributed by atoms with E-state index in [1.54, 1.807) is 6.07 Å². The number of hydrogen-bond donors (Lipinski definition) is 1. The summed E-state index contributed by atoms with van der Waals surface area (Å²) in [6.45, 7) is 10.6.